The molecule has 1 aliphatic rings. The number of hydrogen-bond donors (Lipinski definition) is 2. The van der Waals surface area contributed by atoms with Gasteiger partial charge in [-0.2, -0.15) is 0 Å². The number of rotatable bonds is 4. The predicted molar refractivity (Wildman–Crippen MR) is 88.3 cm³/mol. The number of likely N-dealkylation sites (tertiary alicyclic amines) is 1. The molecule has 122 valence electrons. The van der Waals surface area contributed by atoms with Gasteiger partial charge in [-0.25, -0.2) is 0 Å². The Kier molecular flexibility index (Phi) is 4.37. The molecule has 1 atom stereocenters. The number of carbonyl (C=O) groups excluding carboxylic acids is 1. The highest BCUT2D eigenvalue weighted by Gasteiger charge is 2.27. The summed E-state index contributed by atoms with van der Waals surface area (Å²) in [6.07, 6.45) is 4.51. The largest absolute Gasteiger partial charge is 0.481 e. The first kappa shape index (κ1) is 15.6. The maximum absolute atomic E-state index is 12.4. The highest BCUT2D eigenvalue weighted by molar-refractivity contribution is 5.85. The third-order valence-electron chi connectivity index (χ3n) is 4.65. The maximum Gasteiger partial charge on any atom is 0.308 e. The van der Waals surface area contributed by atoms with Gasteiger partial charge in [0, 0.05) is 36.6 Å². The third kappa shape index (κ3) is 3.38. The molecule has 0 aliphatic carbocycles. The quantitative estimate of drug-likeness (QED) is 0.911. The monoisotopic (exact) mass is 314 g/mol. The SMILES string of the molecule is Cc1ccc2[nH]cc(CCC(=O)N3CCCC(C(=O)O)C3)c2c1. The minimum Gasteiger partial charge on any atom is -0.481 e. The van der Waals surface area contributed by atoms with Gasteiger partial charge in [0.15, 0.2) is 0 Å². The lowest BCUT2D eigenvalue weighted by atomic mass is 9.97. The summed E-state index contributed by atoms with van der Waals surface area (Å²) < 4.78 is 0. The van der Waals surface area contributed by atoms with Crippen LogP contribution in [0.1, 0.15) is 30.4 Å². The van der Waals surface area contributed by atoms with Crippen LogP contribution in [0.4, 0.5) is 0 Å². The first-order valence-electron chi connectivity index (χ1n) is 8.12. The molecule has 1 aliphatic heterocycles. The molecule has 1 fully saturated rings. The van der Waals surface area contributed by atoms with Crippen LogP contribution in [-0.2, 0) is 16.0 Å². The Morgan fingerprint density at radius 3 is 3.00 bits per heavy atom. The number of carboxylic acid groups (broad SMARTS) is 1. The van der Waals surface area contributed by atoms with E-state index in [9.17, 15) is 9.59 Å². The molecule has 0 bridgehead atoms. The number of aliphatic carboxylic acids is 1. The van der Waals surface area contributed by atoms with Crippen molar-refractivity contribution in [1.29, 1.82) is 0 Å². The first-order chi connectivity index (χ1) is 11.0. The second kappa shape index (κ2) is 6.44. The van der Waals surface area contributed by atoms with E-state index in [4.69, 9.17) is 5.11 Å². The number of H-pyrrole nitrogens is 1. The number of amides is 1. The van der Waals surface area contributed by atoms with Crippen molar-refractivity contribution in [3.63, 3.8) is 0 Å². The number of piperidine rings is 1. The highest BCUT2D eigenvalue weighted by atomic mass is 16.4. The maximum atomic E-state index is 12.4. The van der Waals surface area contributed by atoms with E-state index in [1.54, 1.807) is 4.90 Å². The number of carboxylic acids is 1. The molecule has 5 nitrogen and oxygen atoms in total. The van der Waals surface area contributed by atoms with Gasteiger partial charge in [-0.15, -0.1) is 0 Å². The fourth-order valence-corrected chi connectivity index (χ4v) is 3.30. The summed E-state index contributed by atoms with van der Waals surface area (Å²) in [6, 6.07) is 6.25. The molecule has 0 spiro atoms. The van der Waals surface area contributed by atoms with Crippen LogP contribution in [0.15, 0.2) is 24.4 Å². The Morgan fingerprint density at radius 1 is 1.39 bits per heavy atom. The number of benzene rings is 1. The van der Waals surface area contributed by atoms with Crippen LogP contribution >= 0.6 is 0 Å². The van der Waals surface area contributed by atoms with Crippen LogP contribution in [-0.4, -0.2) is 40.0 Å². The van der Waals surface area contributed by atoms with Gasteiger partial charge in [-0.05, 0) is 43.9 Å². The van der Waals surface area contributed by atoms with E-state index in [0.29, 0.717) is 32.4 Å². The summed E-state index contributed by atoms with van der Waals surface area (Å²) in [4.78, 5) is 28.4. The number of nitrogens with one attached hydrogen (secondary N) is 1. The van der Waals surface area contributed by atoms with Crippen LogP contribution in [0.5, 0.6) is 0 Å². The van der Waals surface area contributed by atoms with Crippen molar-refractivity contribution < 1.29 is 14.7 Å². The average molecular weight is 314 g/mol. The fourth-order valence-electron chi connectivity index (χ4n) is 3.30. The number of aryl methyl sites for hydroxylation is 2. The van der Waals surface area contributed by atoms with Gasteiger partial charge in [0.25, 0.3) is 0 Å². The molecule has 2 N–H and O–H groups in total. The normalized spacial score (nSPS) is 18.3. The minimum absolute atomic E-state index is 0.0537. The number of aromatic nitrogens is 1. The second-order valence-electron chi connectivity index (χ2n) is 6.38. The summed E-state index contributed by atoms with van der Waals surface area (Å²) in [7, 11) is 0. The van der Waals surface area contributed by atoms with Gasteiger partial charge >= 0.3 is 5.97 Å². The summed E-state index contributed by atoms with van der Waals surface area (Å²) in [6.45, 7) is 3.08. The lowest BCUT2D eigenvalue weighted by Gasteiger charge is -2.30. The molecule has 0 saturated carbocycles. The number of carbonyl (C=O) groups is 2. The molecule has 2 heterocycles. The predicted octanol–water partition coefficient (Wildman–Crippen LogP) is 2.73. The lowest BCUT2D eigenvalue weighted by molar-refractivity contribution is -0.145. The minimum atomic E-state index is -0.797. The number of nitrogens with zero attached hydrogens (tertiary/aromatic N) is 1. The zero-order chi connectivity index (χ0) is 16.4. The van der Waals surface area contributed by atoms with Crippen LogP contribution in [0, 0.1) is 12.8 Å². The van der Waals surface area contributed by atoms with Crippen LogP contribution in [0.25, 0.3) is 10.9 Å². The summed E-state index contributed by atoms with van der Waals surface area (Å²) in [5.41, 5.74) is 3.43. The zero-order valence-electron chi connectivity index (χ0n) is 13.3. The second-order valence-corrected chi connectivity index (χ2v) is 6.38. The Labute approximate surface area is 135 Å². The van der Waals surface area contributed by atoms with Gasteiger partial charge in [0.1, 0.15) is 0 Å². The van der Waals surface area contributed by atoms with Crippen molar-refractivity contribution in [1.82, 2.24) is 9.88 Å². The standard InChI is InChI=1S/C18H22N2O3/c1-12-4-6-16-15(9-12)13(10-19-16)5-7-17(21)20-8-2-3-14(11-20)18(22)23/h4,6,9-10,14,19H,2-3,5,7-8,11H2,1H3,(H,22,23). The van der Waals surface area contributed by atoms with Crippen molar-refractivity contribution in [3.05, 3.63) is 35.5 Å². The molecular weight excluding hydrogens is 292 g/mol. The molecule has 1 aromatic heterocycles. The van der Waals surface area contributed by atoms with Crippen molar-refractivity contribution >= 4 is 22.8 Å². The van der Waals surface area contributed by atoms with E-state index in [1.165, 1.54) is 10.9 Å². The van der Waals surface area contributed by atoms with Crippen LogP contribution in [0.2, 0.25) is 0 Å². The van der Waals surface area contributed by atoms with E-state index in [-0.39, 0.29) is 5.91 Å². The van der Waals surface area contributed by atoms with Gasteiger partial charge in [-0.1, -0.05) is 11.6 Å². The highest BCUT2D eigenvalue weighted by Crippen LogP contribution is 2.22. The molecule has 1 amide bonds. The van der Waals surface area contributed by atoms with Gasteiger partial charge < -0.3 is 15.0 Å². The molecule has 1 aromatic carbocycles. The van der Waals surface area contributed by atoms with E-state index < -0.39 is 11.9 Å². The van der Waals surface area contributed by atoms with Crippen molar-refractivity contribution in [2.45, 2.75) is 32.6 Å². The lowest BCUT2D eigenvalue weighted by Crippen LogP contribution is -2.42. The fraction of sp³-hybridized carbons (Fsp3) is 0.444. The molecule has 0 radical (unpaired) electrons. The average Bonchev–Trinajstić information content (AvgIpc) is 2.95. The number of hydrogen-bond acceptors (Lipinski definition) is 2. The first-order valence-corrected chi connectivity index (χ1v) is 8.12. The van der Waals surface area contributed by atoms with Crippen molar-refractivity contribution in [2.24, 2.45) is 5.92 Å². The number of aromatic amines is 1. The Bertz CT molecular complexity index is 735. The van der Waals surface area contributed by atoms with Gasteiger partial charge in [0.2, 0.25) is 5.91 Å². The Morgan fingerprint density at radius 2 is 2.22 bits per heavy atom. The van der Waals surface area contributed by atoms with Crippen LogP contribution < -0.4 is 0 Å². The van der Waals surface area contributed by atoms with E-state index in [1.807, 2.05) is 6.20 Å². The van der Waals surface area contributed by atoms with E-state index >= 15 is 0 Å². The summed E-state index contributed by atoms with van der Waals surface area (Å²) in [5.74, 6) is -1.16. The number of fused-ring (bicyclic) bond motifs is 1. The molecule has 1 unspecified atom stereocenters. The Balaban J connectivity index is 1.64. The summed E-state index contributed by atoms with van der Waals surface area (Å²) >= 11 is 0. The van der Waals surface area contributed by atoms with Crippen molar-refractivity contribution in [2.75, 3.05) is 13.1 Å². The van der Waals surface area contributed by atoms with Gasteiger partial charge in [0.05, 0.1) is 5.92 Å². The summed E-state index contributed by atoms with van der Waals surface area (Å²) in [5, 5.41) is 10.3. The van der Waals surface area contributed by atoms with Gasteiger partial charge in [-0.3, -0.25) is 9.59 Å². The molecule has 23 heavy (non-hydrogen) atoms. The zero-order valence-corrected chi connectivity index (χ0v) is 13.3. The van der Waals surface area contributed by atoms with E-state index in [0.717, 1.165) is 17.5 Å². The smallest absolute Gasteiger partial charge is 0.308 e. The molecule has 3 rings (SSSR count). The van der Waals surface area contributed by atoms with Crippen LogP contribution in [0.3, 0.4) is 0 Å². The third-order valence-corrected chi connectivity index (χ3v) is 4.65. The molecular formula is C18H22N2O3. The van der Waals surface area contributed by atoms with Crippen molar-refractivity contribution in [3.8, 4) is 0 Å². The topological polar surface area (TPSA) is 73.4 Å². The Hall–Kier alpha value is -2.30. The molecule has 1 saturated heterocycles. The molecule has 5 heteroatoms. The molecule has 2 aromatic rings. The van der Waals surface area contributed by atoms with E-state index in [2.05, 4.69) is 30.1 Å².